The number of anilines is 2. The molecule has 0 aliphatic heterocycles. The smallest absolute Gasteiger partial charge is 0.230 e. The molecule has 2 aromatic rings. The van der Waals surface area contributed by atoms with Gasteiger partial charge >= 0.3 is 0 Å². The second-order valence-electron chi connectivity index (χ2n) is 5.51. The number of thioether (sulfide) groups is 1. The predicted octanol–water partition coefficient (Wildman–Crippen LogP) is 4.64. The van der Waals surface area contributed by atoms with E-state index in [0.717, 1.165) is 28.4 Å². The van der Waals surface area contributed by atoms with Crippen LogP contribution in [0.15, 0.2) is 22.5 Å². The molecule has 0 aliphatic carbocycles. The standard InChI is InChI=1S/C16H21ClN4OS2/c1-4-5-11(3)18-14(22)9-23-16-21-20-15(24-16)19-12-7-6-10(2)13(17)8-12/h6-8,11H,4-5,9H2,1-3H3,(H,18,22)(H,19,20). The van der Waals surface area contributed by atoms with E-state index >= 15 is 0 Å². The third kappa shape index (κ3) is 5.96. The fourth-order valence-corrected chi connectivity index (χ4v) is 3.83. The van der Waals surface area contributed by atoms with Gasteiger partial charge in [-0.3, -0.25) is 4.79 Å². The number of carbonyl (C=O) groups excluding carboxylic acids is 1. The Bertz CT molecular complexity index is 692. The molecule has 5 nitrogen and oxygen atoms in total. The minimum absolute atomic E-state index is 0.0241. The van der Waals surface area contributed by atoms with Gasteiger partial charge in [-0.05, 0) is 38.0 Å². The zero-order chi connectivity index (χ0) is 17.5. The fraction of sp³-hybridized carbons (Fsp3) is 0.438. The Morgan fingerprint density at radius 1 is 1.42 bits per heavy atom. The molecule has 1 aromatic carbocycles. The fourth-order valence-electron chi connectivity index (χ4n) is 2.06. The molecule has 2 N–H and O–H groups in total. The molecule has 0 saturated carbocycles. The van der Waals surface area contributed by atoms with Crippen molar-refractivity contribution in [1.29, 1.82) is 0 Å². The van der Waals surface area contributed by atoms with Gasteiger partial charge in [-0.1, -0.05) is 54.1 Å². The minimum Gasteiger partial charge on any atom is -0.353 e. The van der Waals surface area contributed by atoms with Crippen LogP contribution in [-0.4, -0.2) is 27.9 Å². The third-order valence-corrected chi connectivity index (χ3v) is 5.66. The van der Waals surface area contributed by atoms with Crippen molar-refractivity contribution in [3.05, 3.63) is 28.8 Å². The van der Waals surface area contributed by atoms with Crippen LogP contribution in [0.3, 0.4) is 0 Å². The summed E-state index contributed by atoms with van der Waals surface area (Å²) >= 11 is 8.92. The molecular weight excluding hydrogens is 364 g/mol. The van der Waals surface area contributed by atoms with Gasteiger partial charge in [0.25, 0.3) is 0 Å². The molecule has 0 saturated heterocycles. The van der Waals surface area contributed by atoms with E-state index in [1.807, 2.05) is 32.0 Å². The van der Waals surface area contributed by atoms with E-state index in [1.165, 1.54) is 23.1 Å². The maximum atomic E-state index is 11.9. The molecule has 1 amide bonds. The molecule has 0 aliphatic rings. The highest BCUT2D eigenvalue weighted by Gasteiger charge is 2.10. The Kier molecular flexibility index (Phi) is 7.33. The quantitative estimate of drug-likeness (QED) is 0.649. The van der Waals surface area contributed by atoms with Crippen molar-refractivity contribution in [3.8, 4) is 0 Å². The topological polar surface area (TPSA) is 66.9 Å². The summed E-state index contributed by atoms with van der Waals surface area (Å²) in [6.07, 6.45) is 2.05. The van der Waals surface area contributed by atoms with Gasteiger partial charge in [0.2, 0.25) is 11.0 Å². The molecule has 0 bridgehead atoms. The van der Waals surface area contributed by atoms with Gasteiger partial charge in [-0.25, -0.2) is 0 Å². The first-order valence-corrected chi connectivity index (χ1v) is 9.94. The van der Waals surface area contributed by atoms with E-state index in [0.29, 0.717) is 15.9 Å². The Morgan fingerprint density at radius 3 is 2.92 bits per heavy atom. The molecule has 1 atom stereocenters. The van der Waals surface area contributed by atoms with Crippen LogP contribution in [0, 0.1) is 6.92 Å². The number of aromatic nitrogens is 2. The van der Waals surface area contributed by atoms with E-state index in [2.05, 4.69) is 27.8 Å². The molecular formula is C16H21ClN4OS2. The first-order chi connectivity index (χ1) is 11.5. The van der Waals surface area contributed by atoms with Gasteiger partial charge in [0.1, 0.15) is 0 Å². The van der Waals surface area contributed by atoms with E-state index < -0.39 is 0 Å². The number of carbonyl (C=O) groups is 1. The number of amides is 1. The Morgan fingerprint density at radius 2 is 2.21 bits per heavy atom. The highest BCUT2D eigenvalue weighted by Crippen LogP contribution is 2.29. The van der Waals surface area contributed by atoms with Gasteiger partial charge in [-0.15, -0.1) is 10.2 Å². The van der Waals surface area contributed by atoms with Crippen molar-refractivity contribution in [2.24, 2.45) is 0 Å². The summed E-state index contributed by atoms with van der Waals surface area (Å²) in [5.74, 6) is 0.370. The summed E-state index contributed by atoms with van der Waals surface area (Å²) in [5, 5.41) is 15.7. The molecule has 1 heterocycles. The number of rotatable bonds is 8. The van der Waals surface area contributed by atoms with E-state index in [1.54, 1.807) is 0 Å². The molecule has 1 unspecified atom stereocenters. The summed E-state index contributed by atoms with van der Waals surface area (Å²) in [6.45, 7) is 6.08. The predicted molar refractivity (Wildman–Crippen MR) is 103 cm³/mol. The second-order valence-corrected chi connectivity index (χ2v) is 8.12. The molecule has 8 heteroatoms. The van der Waals surface area contributed by atoms with E-state index in [9.17, 15) is 4.79 Å². The number of nitrogens with one attached hydrogen (secondary N) is 2. The maximum Gasteiger partial charge on any atom is 0.230 e. The number of hydrogen-bond donors (Lipinski definition) is 2. The van der Waals surface area contributed by atoms with E-state index in [4.69, 9.17) is 11.6 Å². The largest absolute Gasteiger partial charge is 0.353 e. The average Bonchev–Trinajstić information content (AvgIpc) is 2.97. The molecule has 24 heavy (non-hydrogen) atoms. The van der Waals surface area contributed by atoms with Crippen LogP contribution in [0.4, 0.5) is 10.8 Å². The van der Waals surface area contributed by atoms with Crippen molar-refractivity contribution < 1.29 is 4.79 Å². The normalized spacial score (nSPS) is 12.0. The summed E-state index contributed by atoms with van der Waals surface area (Å²) in [4.78, 5) is 11.9. The van der Waals surface area contributed by atoms with Gasteiger partial charge in [-0.2, -0.15) is 0 Å². The van der Waals surface area contributed by atoms with Crippen LogP contribution in [0.5, 0.6) is 0 Å². The van der Waals surface area contributed by atoms with Crippen molar-refractivity contribution >= 4 is 51.4 Å². The molecule has 0 spiro atoms. The maximum absolute atomic E-state index is 11.9. The lowest BCUT2D eigenvalue weighted by Gasteiger charge is -2.11. The zero-order valence-corrected chi connectivity index (χ0v) is 16.3. The average molecular weight is 385 g/mol. The highest BCUT2D eigenvalue weighted by molar-refractivity contribution is 8.01. The lowest BCUT2D eigenvalue weighted by molar-refractivity contribution is -0.119. The number of hydrogen-bond acceptors (Lipinski definition) is 6. The summed E-state index contributed by atoms with van der Waals surface area (Å²) in [7, 11) is 0. The first-order valence-electron chi connectivity index (χ1n) is 7.76. The molecule has 0 radical (unpaired) electrons. The third-order valence-electron chi connectivity index (χ3n) is 3.29. The van der Waals surface area contributed by atoms with Crippen molar-refractivity contribution in [3.63, 3.8) is 0 Å². The molecule has 0 fully saturated rings. The number of aryl methyl sites for hydroxylation is 1. The van der Waals surface area contributed by atoms with Gasteiger partial charge < -0.3 is 10.6 Å². The summed E-state index contributed by atoms with van der Waals surface area (Å²) < 4.78 is 0.758. The Labute approximate surface area is 155 Å². The van der Waals surface area contributed by atoms with E-state index in [-0.39, 0.29) is 11.9 Å². The second kappa shape index (κ2) is 9.25. The van der Waals surface area contributed by atoms with Gasteiger partial charge in [0.15, 0.2) is 4.34 Å². The lowest BCUT2D eigenvalue weighted by Crippen LogP contribution is -2.33. The molecule has 1 aromatic heterocycles. The molecule has 130 valence electrons. The van der Waals surface area contributed by atoms with Crippen molar-refractivity contribution in [1.82, 2.24) is 15.5 Å². The van der Waals surface area contributed by atoms with Gasteiger partial charge in [0, 0.05) is 16.8 Å². The van der Waals surface area contributed by atoms with Crippen LogP contribution >= 0.6 is 34.7 Å². The van der Waals surface area contributed by atoms with Crippen molar-refractivity contribution in [2.45, 2.75) is 44.0 Å². The monoisotopic (exact) mass is 384 g/mol. The molecule has 2 rings (SSSR count). The van der Waals surface area contributed by atoms with Crippen LogP contribution in [-0.2, 0) is 4.79 Å². The Hall–Kier alpha value is -1.31. The Balaban J connectivity index is 1.84. The highest BCUT2D eigenvalue weighted by atomic mass is 35.5. The van der Waals surface area contributed by atoms with Crippen LogP contribution in [0.2, 0.25) is 5.02 Å². The van der Waals surface area contributed by atoms with Crippen LogP contribution in [0.1, 0.15) is 32.3 Å². The first kappa shape index (κ1) is 19.0. The number of nitrogens with zero attached hydrogens (tertiary/aromatic N) is 2. The zero-order valence-electron chi connectivity index (χ0n) is 13.9. The number of halogens is 1. The lowest BCUT2D eigenvalue weighted by atomic mass is 10.2. The minimum atomic E-state index is 0.0241. The van der Waals surface area contributed by atoms with Crippen LogP contribution in [0.25, 0.3) is 0 Å². The SMILES string of the molecule is CCCC(C)NC(=O)CSc1nnc(Nc2ccc(C)c(Cl)c2)s1. The summed E-state index contributed by atoms with van der Waals surface area (Å²) in [6, 6.07) is 5.95. The van der Waals surface area contributed by atoms with Crippen LogP contribution < -0.4 is 10.6 Å². The summed E-state index contributed by atoms with van der Waals surface area (Å²) in [5.41, 5.74) is 1.89. The van der Waals surface area contributed by atoms with Gasteiger partial charge in [0.05, 0.1) is 5.75 Å². The number of benzene rings is 1. The van der Waals surface area contributed by atoms with Crippen molar-refractivity contribution in [2.75, 3.05) is 11.1 Å².